The lowest BCUT2D eigenvalue weighted by Crippen LogP contribution is -2.61. The van der Waals surface area contributed by atoms with Crippen LogP contribution in [0.25, 0.3) is 0 Å². The maximum Gasteiger partial charge on any atom is 0.108 e. The largest absolute Gasteiger partial charge is 0.324 e. The van der Waals surface area contributed by atoms with Gasteiger partial charge in [0.2, 0.25) is 0 Å². The van der Waals surface area contributed by atoms with E-state index < -0.39 is 6.17 Å². The SMILES string of the molecule is N[C@]12C[N]C[C@@H]1[C@@H](F)C2. The van der Waals surface area contributed by atoms with E-state index in [0.29, 0.717) is 19.5 Å². The Kier molecular flexibility index (Phi) is 0.916. The summed E-state index contributed by atoms with van der Waals surface area (Å²) in [5.74, 6) is 0.0532. The fourth-order valence-electron chi connectivity index (χ4n) is 1.75. The van der Waals surface area contributed by atoms with Crippen molar-refractivity contribution in [2.24, 2.45) is 11.7 Å². The number of fused-ring (bicyclic) bond motifs is 1. The third-order valence-corrected chi connectivity index (χ3v) is 2.48. The molecule has 0 unspecified atom stereocenters. The molecule has 2 fully saturated rings. The highest BCUT2D eigenvalue weighted by molar-refractivity contribution is 5.12. The molecule has 2 N–H and O–H groups in total. The number of alkyl halides is 1. The van der Waals surface area contributed by atoms with Gasteiger partial charge in [0.1, 0.15) is 6.17 Å². The van der Waals surface area contributed by atoms with Gasteiger partial charge in [0.15, 0.2) is 0 Å². The fourth-order valence-corrected chi connectivity index (χ4v) is 1.75. The molecule has 0 amide bonds. The van der Waals surface area contributed by atoms with Crippen molar-refractivity contribution in [3.63, 3.8) is 0 Å². The monoisotopic (exact) mass is 129 g/mol. The summed E-state index contributed by atoms with van der Waals surface area (Å²) in [5, 5.41) is 4.07. The number of rotatable bonds is 0. The molecule has 0 bridgehead atoms. The van der Waals surface area contributed by atoms with Gasteiger partial charge >= 0.3 is 0 Å². The number of hydrogen-bond acceptors (Lipinski definition) is 1. The quantitative estimate of drug-likeness (QED) is 0.477. The smallest absolute Gasteiger partial charge is 0.108 e. The van der Waals surface area contributed by atoms with Crippen LogP contribution < -0.4 is 11.1 Å². The van der Waals surface area contributed by atoms with Gasteiger partial charge in [-0.25, -0.2) is 9.71 Å². The molecule has 0 spiro atoms. The average Bonchev–Trinajstić information content (AvgIpc) is 2.06. The first-order chi connectivity index (χ1) is 4.22. The highest BCUT2D eigenvalue weighted by Crippen LogP contribution is 2.41. The third kappa shape index (κ3) is 0.563. The van der Waals surface area contributed by atoms with Crippen LogP contribution in [-0.4, -0.2) is 24.8 Å². The van der Waals surface area contributed by atoms with E-state index >= 15 is 0 Å². The van der Waals surface area contributed by atoms with Crippen molar-refractivity contribution in [2.75, 3.05) is 13.1 Å². The third-order valence-electron chi connectivity index (χ3n) is 2.48. The second kappa shape index (κ2) is 1.47. The van der Waals surface area contributed by atoms with Gasteiger partial charge in [-0.2, -0.15) is 0 Å². The molecule has 3 heteroatoms. The van der Waals surface area contributed by atoms with E-state index in [9.17, 15) is 4.39 Å². The highest BCUT2D eigenvalue weighted by Gasteiger charge is 2.55. The maximum absolute atomic E-state index is 12.6. The Labute approximate surface area is 53.6 Å². The molecule has 1 saturated heterocycles. The summed E-state index contributed by atoms with van der Waals surface area (Å²) >= 11 is 0. The second-order valence-electron chi connectivity index (χ2n) is 3.12. The first-order valence-electron chi connectivity index (χ1n) is 3.28. The number of halogens is 1. The van der Waals surface area contributed by atoms with Gasteiger partial charge in [-0.3, -0.25) is 0 Å². The van der Waals surface area contributed by atoms with Crippen LogP contribution in [0.1, 0.15) is 6.42 Å². The average molecular weight is 129 g/mol. The first kappa shape index (κ1) is 5.62. The minimum atomic E-state index is -0.666. The summed E-state index contributed by atoms with van der Waals surface area (Å²) in [4.78, 5) is 0. The Morgan fingerprint density at radius 2 is 2.44 bits per heavy atom. The molecule has 1 saturated carbocycles. The maximum atomic E-state index is 12.6. The van der Waals surface area contributed by atoms with E-state index in [2.05, 4.69) is 5.32 Å². The molecule has 2 rings (SSSR count). The molecule has 51 valence electrons. The van der Waals surface area contributed by atoms with Crippen molar-refractivity contribution in [3.8, 4) is 0 Å². The molecule has 1 radical (unpaired) electrons. The zero-order valence-corrected chi connectivity index (χ0v) is 5.18. The van der Waals surface area contributed by atoms with Gasteiger partial charge in [0.25, 0.3) is 0 Å². The van der Waals surface area contributed by atoms with E-state index in [1.165, 1.54) is 0 Å². The summed E-state index contributed by atoms with van der Waals surface area (Å²) in [7, 11) is 0. The van der Waals surface area contributed by atoms with Crippen LogP contribution in [0.15, 0.2) is 0 Å². The Hall–Kier alpha value is -0.150. The zero-order valence-electron chi connectivity index (χ0n) is 5.18. The van der Waals surface area contributed by atoms with Gasteiger partial charge in [-0.15, -0.1) is 0 Å². The standard InChI is InChI=1S/C6H10FN2/c7-5-1-6(8)3-9-2-4(5)6/h4-5H,1-3,8H2/t4-,5+,6-/m1/s1. The van der Waals surface area contributed by atoms with Crippen LogP contribution in [0, 0.1) is 5.92 Å². The number of nitrogens with zero attached hydrogens (tertiary/aromatic N) is 1. The normalized spacial score (nSPS) is 56.7. The Bertz CT molecular complexity index is 139. The minimum absolute atomic E-state index is 0.0532. The van der Waals surface area contributed by atoms with E-state index in [4.69, 9.17) is 5.73 Å². The van der Waals surface area contributed by atoms with Crippen molar-refractivity contribution in [3.05, 3.63) is 0 Å². The number of nitrogens with two attached hydrogens (primary N) is 1. The molecule has 2 nitrogen and oxygen atoms in total. The molecule has 0 aromatic carbocycles. The Morgan fingerprint density at radius 3 is 2.89 bits per heavy atom. The first-order valence-corrected chi connectivity index (χ1v) is 3.28. The van der Waals surface area contributed by atoms with Crippen LogP contribution in [-0.2, 0) is 0 Å². The van der Waals surface area contributed by atoms with Crippen LogP contribution in [0.4, 0.5) is 4.39 Å². The molecule has 3 atom stereocenters. The Morgan fingerprint density at radius 1 is 1.67 bits per heavy atom. The fraction of sp³-hybridized carbons (Fsp3) is 1.00. The molecule has 0 aromatic heterocycles. The van der Waals surface area contributed by atoms with Crippen molar-refractivity contribution in [1.29, 1.82) is 0 Å². The molecule has 2 aliphatic rings. The van der Waals surface area contributed by atoms with Crippen LogP contribution >= 0.6 is 0 Å². The van der Waals surface area contributed by atoms with E-state index in [-0.39, 0.29) is 11.5 Å². The number of hydrogen-bond donors (Lipinski definition) is 1. The van der Waals surface area contributed by atoms with Crippen molar-refractivity contribution >= 4 is 0 Å². The van der Waals surface area contributed by atoms with Gasteiger partial charge < -0.3 is 5.73 Å². The lowest BCUT2D eigenvalue weighted by atomic mass is 9.68. The zero-order chi connectivity index (χ0) is 6.48. The minimum Gasteiger partial charge on any atom is -0.324 e. The van der Waals surface area contributed by atoms with Crippen LogP contribution in [0.5, 0.6) is 0 Å². The predicted octanol–water partition coefficient (Wildman–Crippen LogP) is -0.340. The van der Waals surface area contributed by atoms with E-state index in [0.717, 1.165) is 0 Å². The molecule has 1 aliphatic carbocycles. The van der Waals surface area contributed by atoms with E-state index in [1.807, 2.05) is 0 Å². The van der Waals surface area contributed by atoms with Crippen LogP contribution in [0.2, 0.25) is 0 Å². The van der Waals surface area contributed by atoms with E-state index in [1.54, 1.807) is 0 Å². The molecule has 9 heavy (non-hydrogen) atoms. The second-order valence-corrected chi connectivity index (χ2v) is 3.12. The summed E-state index contributed by atoms with van der Waals surface area (Å²) in [6.45, 7) is 1.33. The predicted molar refractivity (Wildman–Crippen MR) is 31.8 cm³/mol. The summed E-state index contributed by atoms with van der Waals surface area (Å²) in [6.07, 6.45) is -0.137. The van der Waals surface area contributed by atoms with Gasteiger partial charge in [0, 0.05) is 24.5 Å². The molecule has 0 aromatic rings. The van der Waals surface area contributed by atoms with Crippen LogP contribution in [0.3, 0.4) is 0 Å². The summed E-state index contributed by atoms with van der Waals surface area (Å²) in [5.41, 5.74) is 5.53. The highest BCUT2D eigenvalue weighted by atomic mass is 19.1. The molecular weight excluding hydrogens is 119 g/mol. The van der Waals surface area contributed by atoms with Gasteiger partial charge in [-0.1, -0.05) is 0 Å². The topological polar surface area (TPSA) is 40.1 Å². The summed E-state index contributed by atoms with van der Waals surface area (Å²) in [6, 6.07) is 0. The van der Waals surface area contributed by atoms with Crippen molar-refractivity contribution < 1.29 is 4.39 Å². The molecule has 1 heterocycles. The Balaban J connectivity index is 2.13. The van der Waals surface area contributed by atoms with Crippen molar-refractivity contribution in [1.82, 2.24) is 5.32 Å². The molecular formula is C6H10FN2. The lowest BCUT2D eigenvalue weighted by Gasteiger charge is -2.43. The molecule has 1 aliphatic heterocycles. The lowest BCUT2D eigenvalue weighted by molar-refractivity contribution is 0.0462. The summed E-state index contributed by atoms with van der Waals surface area (Å²) < 4.78 is 12.6. The van der Waals surface area contributed by atoms with Gasteiger partial charge in [0.05, 0.1) is 0 Å². The van der Waals surface area contributed by atoms with Gasteiger partial charge in [-0.05, 0) is 6.42 Å². The van der Waals surface area contributed by atoms with Crippen molar-refractivity contribution in [2.45, 2.75) is 18.1 Å².